The van der Waals surface area contributed by atoms with E-state index in [9.17, 15) is 9.18 Å². The highest BCUT2D eigenvalue weighted by atomic mass is 19.1. The molecular formula is C18H18FN3O. The predicted octanol–water partition coefficient (Wildman–Crippen LogP) is 3.26. The molecule has 0 aliphatic heterocycles. The Hall–Kier alpha value is -2.53. The molecule has 0 aliphatic carbocycles. The van der Waals surface area contributed by atoms with Crippen molar-refractivity contribution in [3.63, 3.8) is 0 Å². The summed E-state index contributed by atoms with van der Waals surface area (Å²) < 4.78 is 13.0. The second-order valence-corrected chi connectivity index (χ2v) is 5.67. The average Bonchev–Trinajstić information content (AvgIpc) is 2.55. The lowest BCUT2D eigenvalue weighted by molar-refractivity contribution is 0.247. The molecule has 0 aliphatic rings. The molecule has 0 spiro atoms. The fourth-order valence-corrected chi connectivity index (χ4v) is 2.58. The van der Waals surface area contributed by atoms with Crippen LogP contribution in [0.5, 0.6) is 0 Å². The lowest BCUT2D eigenvalue weighted by Gasteiger charge is -2.24. The zero-order valence-corrected chi connectivity index (χ0v) is 13.1. The summed E-state index contributed by atoms with van der Waals surface area (Å²) in [7, 11) is 1.95. The molecule has 0 unspecified atom stereocenters. The number of benzene rings is 2. The van der Waals surface area contributed by atoms with Gasteiger partial charge in [-0.2, -0.15) is 0 Å². The standard InChI is InChI=1S/C18H18FN3O/c1-12(13-7-9-14(19)10-8-13)22(2)11-17-20-16-6-4-3-5-15(16)18(23)21-17/h3-10,12H,11H2,1-2H3,(H,20,21,23)/t12-/m1/s1. The molecule has 0 radical (unpaired) electrons. The van der Waals surface area contributed by atoms with Gasteiger partial charge in [-0.25, -0.2) is 9.37 Å². The van der Waals surface area contributed by atoms with Gasteiger partial charge in [-0.05, 0) is 43.8 Å². The molecule has 2 aromatic carbocycles. The molecule has 0 bridgehead atoms. The number of aromatic amines is 1. The van der Waals surface area contributed by atoms with Crippen molar-refractivity contribution in [2.75, 3.05) is 7.05 Å². The quantitative estimate of drug-likeness (QED) is 0.804. The van der Waals surface area contributed by atoms with E-state index in [2.05, 4.69) is 14.9 Å². The highest BCUT2D eigenvalue weighted by Crippen LogP contribution is 2.20. The summed E-state index contributed by atoms with van der Waals surface area (Å²) in [6, 6.07) is 13.8. The Balaban J connectivity index is 1.83. The van der Waals surface area contributed by atoms with E-state index in [0.717, 1.165) is 5.56 Å². The fraction of sp³-hybridized carbons (Fsp3) is 0.222. The summed E-state index contributed by atoms with van der Waals surface area (Å²) in [6.07, 6.45) is 0. The third-order valence-electron chi connectivity index (χ3n) is 4.07. The molecule has 1 aromatic heterocycles. The van der Waals surface area contributed by atoms with E-state index >= 15 is 0 Å². The minimum absolute atomic E-state index is 0.0763. The van der Waals surface area contributed by atoms with Gasteiger partial charge >= 0.3 is 0 Å². The lowest BCUT2D eigenvalue weighted by Crippen LogP contribution is -2.25. The molecule has 1 atom stereocenters. The third kappa shape index (κ3) is 3.29. The fourth-order valence-electron chi connectivity index (χ4n) is 2.58. The van der Waals surface area contributed by atoms with Gasteiger partial charge in [0.15, 0.2) is 0 Å². The first-order chi connectivity index (χ1) is 11.0. The summed E-state index contributed by atoms with van der Waals surface area (Å²) in [4.78, 5) is 21.5. The van der Waals surface area contributed by atoms with Crippen LogP contribution in [0, 0.1) is 5.82 Å². The van der Waals surface area contributed by atoms with Gasteiger partial charge < -0.3 is 4.98 Å². The van der Waals surface area contributed by atoms with Crippen LogP contribution in [0.2, 0.25) is 0 Å². The molecule has 1 heterocycles. The minimum atomic E-state index is -0.246. The highest BCUT2D eigenvalue weighted by Gasteiger charge is 2.14. The first-order valence-electron chi connectivity index (χ1n) is 7.48. The van der Waals surface area contributed by atoms with Crippen LogP contribution >= 0.6 is 0 Å². The maximum atomic E-state index is 13.0. The maximum Gasteiger partial charge on any atom is 0.258 e. The second-order valence-electron chi connectivity index (χ2n) is 5.67. The zero-order chi connectivity index (χ0) is 16.4. The number of nitrogens with one attached hydrogen (secondary N) is 1. The Morgan fingerprint density at radius 1 is 1.17 bits per heavy atom. The molecule has 0 saturated carbocycles. The molecule has 1 N–H and O–H groups in total. The van der Waals surface area contributed by atoms with Gasteiger partial charge in [0.05, 0.1) is 17.4 Å². The summed E-state index contributed by atoms with van der Waals surface area (Å²) in [6.45, 7) is 2.53. The van der Waals surface area contributed by atoms with E-state index in [-0.39, 0.29) is 17.4 Å². The molecule has 23 heavy (non-hydrogen) atoms. The molecule has 3 aromatic rings. The molecule has 3 rings (SSSR count). The summed E-state index contributed by atoms with van der Waals surface area (Å²) in [5.41, 5.74) is 1.57. The number of aromatic nitrogens is 2. The smallest absolute Gasteiger partial charge is 0.258 e. The predicted molar refractivity (Wildman–Crippen MR) is 88.6 cm³/mol. The number of nitrogens with zero attached hydrogens (tertiary/aromatic N) is 2. The molecular weight excluding hydrogens is 293 g/mol. The number of H-pyrrole nitrogens is 1. The normalized spacial score (nSPS) is 12.7. The SMILES string of the molecule is C[C@H](c1ccc(F)cc1)N(C)Cc1nc2ccccc2c(=O)[nH]1. The Morgan fingerprint density at radius 2 is 1.87 bits per heavy atom. The number of hydrogen-bond acceptors (Lipinski definition) is 3. The van der Waals surface area contributed by atoms with Gasteiger partial charge in [0.2, 0.25) is 0 Å². The molecule has 118 valence electrons. The van der Waals surface area contributed by atoms with Crippen LogP contribution in [-0.4, -0.2) is 21.9 Å². The maximum absolute atomic E-state index is 13.0. The first kappa shape index (κ1) is 15.4. The topological polar surface area (TPSA) is 49.0 Å². The zero-order valence-electron chi connectivity index (χ0n) is 13.1. The van der Waals surface area contributed by atoms with Gasteiger partial charge in [-0.15, -0.1) is 0 Å². The van der Waals surface area contributed by atoms with E-state index in [1.54, 1.807) is 18.2 Å². The Kier molecular flexibility index (Phi) is 4.21. The van der Waals surface area contributed by atoms with Crippen LogP contribution in [0.4, 0.5) is 4.39 Å². The monoisotopic (exact) mass is 311 g/mol. The van der Waals surface area contributed by atoms with E-state index in [1.807, 2.05) is 32.2 Å². The summed E-state index contributed by atoms with van der Waals surface area (Å²) in [5, 5.41) is 0.588. The van der Waals surface area contributed by atoms with E-state index < -0.39 is 0 Å². The van der Waals surface area contributed by atoms with Crippen molar-refractivity contribution < 1.29 is 4.39 Å². The van der Waals surface area contributed by atoms with Crippen LogP contribution in [-0.2, 0) is 6.54 Å². The first-order valence-corrected chi connectivity index (χ1v) is 7.48. The van der Waals surface area contributed by atoms with Crippen molar-refractivity contribution >= 4 is 10.9 Å². The highest BCUT2D eigenvalue weighted by molar-refractivity contribution is 5.77. The van der Waals surface area contributed by atoms with Crippen molar-refractivity contribution in [2.45, 2.75) is 19.5 Å². The molecule has 5 heteroatoms. The lowest BCUT2D eigenvalue weighted by atomic mass is 10.1. The Morgan fingerprint density at radius 3 is 2.61 bits per heavy atom. The summed E-state index contributed by atoms with van der Waals surface area (Å²) >= 11 is 0. The van der Waals surface area contributed by atoms with Crippen LogP contribution in [0.25, 0.3) is 10.9 Å². The second kappa shape index (κ2) is 6.30. The van der Waals surface area contributed by atoms with Crippen LogP contribution in [0.3, 0.4) is 0 Å². The van der Waals surface area contributed by atoms with Crippen LogP contribution < -0.4 is 5.56 Å². The largest absolute Gasteiger partial charge is 0.309 e. The van der Waals surface area contributed by atoms with Crippen molar-refractivity contribution in [1.82, 2.24) is 14.9 Å². The Labute approximate surface area is 133 Å². The van der Waals surface area contributed by atoms with Crippen molar-refractivity contribution in [3.8, 4) is 0 Å². The molecule has 4 nitrogen and oxygen atoms in total. The third-order valence-corrected chi connectivity index (χ3v) is 4.07. The summed E-state index contributed by atoms with van der Waals surface area (Å²) in [5.74, 6) is 0.370. The van der Waals surface area contributed by atoms with Gasteiger partial charge in [0.25, 0.3) is 5.56 Å². The number of hydrogen-bond donors (Lipinski definition) is 1. The number of para-hydroxylation sites is 1. The number of halogens is 1. The minimum Gasteiger partial charge on any atom is -0.309 e. The molecule has 0 fully saturated rings. The molecule has 0 amide bonds. The van der Waals surface area contributed by atoms with Crippen molar-refractivity contribution in [2.24, 2.45) is 0 Å². The van der Waals surface area contributed by atoms with Gasteiger partial charge in [0.1, 0.15) is 11.6 Å². The van der Waals surface area contributed by atoms with Gasteiger partial charge in [-0.3, -0.25) is 9.69 Å². The van der Waals surface area contributed by atoms with Crippen LogP contribution in [0.15, 0.2) is 53.3 Å². The van der Waals surface area contributed by atoms with E-state index in [0.29, 0.717) is 23.3 Å². The van der Waals surface area contributed by atoms with Crippen LogP contribution in [0.1, 0.15) is 24.4 Å². The van der Waals surface area contributed by atoms with Crippen molar-refractivity contribution in [1.29, 1.82) is 0 Å². The van der Waals surface area contributed by atoms with Gasteiger partial charge in [0, 0.05) is 6.04 Å². The molecule has 0 saturated heterocycles. The van der Waals surface area contributed by atoms with Gasteiger partial charge in [-0.1, -0.05) is 24.3 Å². The van der Waals surface area contributed by atoms with E-state index in [1.165, 1.54) is 12.1 Å². The van der Waals surface area contributed by atoms with E-state index in [4.69, 9.17) is 0 Å². The van der Waals surface area contributed by atoms with Crippen molar-refractivity contribution in [3.05, 3.63) is 76.1 Å². The Bertz CT molecular complexity index is 873. The average molecular weight is 311 g/mol. The number of fused-ring (bicyclic) bond motifs is 1. The number of rotatable bonds is 4.